The zero-order valence-electron chi connectivity index (χ0n) is 8.95. The molecule has 0 heterocycles. The minimum atomic E-state index is -4.42. The first-order valence-corrected chi connectivity index (χ1v) is 6.45. The van der Waals surface area contributed by atoms with Crippen LogP contribution in [0.2, 0.25) is 0 Å². The fourth-order valence-electron chi connectivity index (χ4n) is 1.17. The van der Waals surface area contributed by atoms with Crippen LogP contribution in [0.5, 0.6) is 0 Å². The number of rotatable bonds is 9. The van der Waals surface area contributed by atoms with Crippen LogP contribution in [0.15, 0.2) is 0 Å². The van der Waals surface area contributed by atoms with Gasteiger partial charge < -0.3 is 25.1 Å². The molecule has 7 nitrogen and oxygen atoms in total. The molecule has 0 aromatic rings. The molecule has 0 saturated carbocycles. The maximum Gasteiger partial charge on any atom is 0.469 e. The minimum absolute atomic E-state index is 0.0946. The van der Waals surface area contributed by atoms with Gasteiger partial charge in [0, 0.05) is 5.41 Å². The predicted octanol–water partition coefficient (Wildman–Crippen LogP) is -0.771. The number of hydrogen-bond acceptors (Lipinski definition) is 5. The number of aliphatic hydroxyl groups is 3. The second-order valence-electron chi connectivity index (χ2n) is 3.76. The first-order chi connectivity index (χ1) is 7.39. The molecule has 16 heavy (non-hydrogen) atoms. The summed E-state index contributed by atoms with van der Waals surface area (Å²) in [5.74, 6) is 0. The maximum atomic E-state index is 10.3. The average molecular weight is 258 g/mol. The van der Waals surface area contributed by atoms with Gasteiger partial charge >= 0.3 is 7.82 Å². The van der Waals surface area contributed by atoms with E-state index in [1.54, 1.807) is 0 Å². The van der Waals surface area contributed by atoms with Gasteiger partial charge in [-0.1, -0.05) is 6.42 Å². The van der Waals surface area contributed by atoms with Crippen molar-refractivity contribution in [3.8, 4) is 0 Å². The van der Waals surface area contributed by atoms with Gasteiger partial charge in [-0.3, -0.25) is 4.52 Å². The van der Waals surface area contributed by atoms with Crippen LogP contribution < -0.4 is 0 Å². The molecule has 0 aliphatic carbocycles. The number of unbranched alkanes of at least 4 members (excludes halogenated alkanes) is 1. The van der Waals surface area contributed by atoms with E-state index < -0.39 is 13.2 Å². The summed E-state index contributed by atoms with van der Waals surface area (Å²) in [6.07, 6.45) is 1.23. The molecule has 8 heteroatoms. The molecule has 0 bridgehead atoms. The van der Waals surface area contributed by atoms with Crippen molar-refractivity contribution >= 4 is 7.82 Å². The molecule has 0 aliphatic rings. The van der Waals surface area contributed by atoms with Gasteiger partial charge in [0.2, 0.25) is 0 Å². The van der Waals surface area contributed by atoms with Gasteiger partial charge in [0.25, 0.3) is 0 Å². The van der Waals surface area contributed by atoms with E-state index in [4.69, 9.17) is 25.1 Å². The molecule has 0 aromatic heterocycles. The van der Waals surface area contributed by atoms with Gasteiger partial charge in [0.05, 0.1) is 26.4 Å². The normalized spacial score (nSPS) is 13.1. The summed E-state index contributed by atoms with van der Waals surface area (Å²) in [7, 11) is -4.42. The lowest BCUT2D eigenvalue weighted by Gasteiger charge is -2.27. The van der Waals surface area contributed by atoms with Gasteiger partial charge in [0.15, 0.2) is 0 Å². The van der Waals surface area contributed by atoms with Crippen molar-refractivity contribution in [1.29, 1.82) is 0 Å². The highest BCUT2D eigenvalue weighted by atomic mass is 31.2. The lowest BCUT2D eigenvalue weighted by molar-refractivity contribution is -0.00293. The number of aliphatic hydroxyl groups excluding tert-OH is 3. The zero-order valence-corrected chi connectivity index (χ0v) is 9.84. The molecule has 0 atom stereocenters. The van der Waals surface area contributed by atoms with Crippen molar-refractivity contribution in [1.82, 2.24) is 0 Å². The number of phosphoric ester groups is 1. The Morgan fingerprint density at radius 2 is 1.50 bits per heavy atom. The molecule has 0 spiro atoms. The molecular weight excluding hydrogens is 239 g/mol. The SMILES string of the molecule is O=P(O)(O)OCCCCC(CO)(CO)CO. The summed E-state index contributed by atoms with van der Waals surface area (Å²) in [6.45, 7) is -1.10. The summed E-state index contributed by atoms with van der Waals surface area (Å²) in [5.41, 5.74) is -0.928. The highest BCUT2D eigenvalue weighted by Crippen LogP contribution is 2.36. The molecule has 0 radical (unpaired) electrons. The first kappa shape index (κ1) is 16.0. The van der Waals surface area contributed by atoms with Gasteiger partial charge in [-0.25, -0.2) is 4.57 Å². The molecule has 0 fully saturated rings. The van der Waals surface area contributed by atoms with E-state index >= 15 is 0 Å². The zero-order chi connectivity index (χ0) is 12.7. The summed E-state index contributed by atoms with van der Waals surface area (Å²) >= 11 is 0. The highest BCUT2D eigenvalue weighted by molar-refractivity contribution is 7.46. The molecule has 5 N–H and O–H groups in total. The quantitative estimate of drug-likeness (QED) is 0.271. The lowest BCUT2D eigenvalue weighted by atomic mass is 9.85. The Hall–Kier alpha value is -0.0100. The smallest absolute Gasteiger partial charge is 0.396 e. The first-order valence-electron chi connectivity index (χ1n) is 4.92. The Bertz CT molecular complexity index is 214. The summed E-state index contributed by atoms with van der Waals surface area (Å²) in [4.78, 5) is 16.8. The molecule has 0 unspecified atom stereocenters. The predicted molar refractivity (Wildman–Crippen MR) is 55.5 cm³/mol. The minimum Gasteiger partial charge on any atom is -0.396 e. The van der Waals surface area contributed by atoms with E-state index in [1.807, 2.05) is 0 Å². The summed E-state index contributed by atoms with van der Waals surface area (Å²) in [5, 5.41) is 27.0. The molecule has 0 aromatic carbocycles. The lowest BCUT2D eigenvalue weighted by Crippen LogP contribution is -2.33. The van der Waals surface area contributed by atoms with Gasteiger partial charge in [-0.05, 0) is 12.8 Å². The number of phosphoric acid groups is 1. The van der Waals surface area contributed by atoms with E-state index in [9.17, 15) is 4.57 Å². The third-order valence-corrected chi connectivity index (χ3v) is 2.89. The monoisotopic (exact) mass is 258 g/mol. The van der Waals surface area contributed by atoms with E-state index in [-0.39, 0.29) is 26.4 Å². The Morgan fingerprint density at radius 1 is 1.00 bits per heavy atom. The van der Waals surface area contributed by atoms with Crippen LogP contribution in [0.1, 0.15) is 19.3 Å². The van der Waals surface area contributed by atoms with Gasteiger partial charge in [0.1, 0.15) is 0 Å². The van der Waals surface area contributed by atoms with Crippen molar-refractivity contribution in [2.24, 2.45) is 5.41 Å². The Balaban J connectivity index is 3.76. The van der Waals surface area contributed by atoms with Crippen LogP contribution in [-0.2, 0) is 9.09 Å². The van der Waals surface area contributed by atoms with Crippen LogP contribution in [0.25, 0.3) is 0 Å². The van der Waals surface area contributed by atoms with Crippen LogP contribution >= 0.6 is 7.82 Å². The third-order valence-electron chi connectivity index (χ3n) is 2.37. The van der Waals surface area contributed by atoms with Crippen LogP contribution in [0, 0.1) is 5.41 Å². The second kappa shape index (κ2) is 7.34. The Kier molecular flexibility index (Phi) is 7.34. The van der Waals surface area contributed by atoms with Gasteiger partial charge in [-0.15, -0.1) is 0 Å². The molecule has 0 rings (SSSR count). The van der Waals surface area contributed by atoms with Crippen LogP contribution in [0.4, 0.5) is 0 Å². The Labute approximate surface area is 93.9 Å². The molecule has 0 aliphatic heterocycles. The van der Waals surface area contributed by atoms with E-state index in [1.165, 1.54) is 0 Å². The van der Waals surface area contributed by atoms with Crippen molar-refractivity contribution in [2.45, 2.75) is 19.3 Å². The van der Waals surface area contributed by atoms with E-state index in [2.05, 4.69) is 4.52 Å². The van der Waals surface area contributed by atoms with Crippen molar-refractivity contribution < 1.29 is 34.2 Å². The molecule has 98 valence electrons. The van der Waals surface area contributed by atoms with E-state index in [0.717, 1.165) is 0 Å². The fraction of sp³-hybridized carbons (Fsp3) is 1.00. The Morgan fingerprint density at radius 3 is 1.88 bits per heavy atom. The standard InChI is InChI=1S/C8H19O7P/c9-5-8(6-10,7-11)3-1-2-4-15-16(12,13)14/h9-11H,1-7H2,(H2,12,13,14). The molecule has 0 amide bonds. The summed E-state index contributed by atoms with van der Waals surface area (Å²) < 4.78 is 14.5. The van der Waals surface area contributed by atoms with Crippen LogP contribution in [0.3, 0.4) is 0 Å². The van der Waals surface area contributed by atoms with Gasteiger partial charge in [-0.2, -0.15) is 0 Å². The maximum absolute atomic E-state index is 10.3. The third kappa shape index (κ3) is 6.55. The van der Waals surface area contributed by atoms with Crippen molar-refractivity contribution in [2.75, 3.05) is 26.4 Å². The topological polar surface area (TPSA) is 127 Å². The van der Waals surface area contributed by atoms with Crippen molar-refractivity contribution in [3.05, 3.63) is 0 Å². The second-order valence-corrected chi connectivity index (χ2v) is 4.99. The average Bonchev–Trinajstić information content (AvgIpc) is 2.23. The van der Waals surface area contributed by atoms with Crippen molar-refractivity contribution in [3.63, 3.8) is 0 Å². The molecular formula is C8H19O7P. The summed E-state index contributed by atoms with van der Waals surface area (Å²) in [6, 6.07) is 0. The van der Waals surface area contributed by atoms with E-state index in [0.29, 0.717) is 19.3 Å². The molecule has 0 saturated heterocycles. The number of hydrogen-bond donors (Lipinski definition) is 5. The fourth-order valence-corrected chi connectivity index (χ4v) is 1.54. The largest absolute Gasteiger partial charge is 0.469 e. The van der Waals surface area contributed by atoms with Crippen LogP contribution in [-0.4, -0.2) is 51.5 Å². The highest BCUT2D eigenvalue weighted by Gasteiger charge is 2.27.